The fraction of sp³-hybridized carbons (Fsp3) is 0.529. The topological polar surface area (TPSA) is 57.4 Å². The van der Waals surface area contributed by atoms with Crippen molar-refractivity contribution in [2.75, 3.05) is 13.7 Å². The van der Waals surface area contributed by atoms with E-state index in [4.69, 9.17) is 4.74 Å². The Bertz CT molecular complexity index is 601. The molecule has 0 aromatic heterocycles. The van der Waals surface area contributed by atoms with E-state index < -0.39 is 0 Å². The van der Waals surface area contributed by atoms with Gasteiger partial charge in [0.25, 0.3) is 0 Å². The molecule has 1 aliphatic carbocycles. The van der Waals surface area contributed by atoms with E-state index in [2.05, 4.69) is 29.4 Å². The summed E-state index contributed by atoms with van der Waals surface area (Å²) in [7, 11) is 1.70. The molecule has 1 heterocycles. The van der Waals surface area contributed by atoms with Crippen molar-refractivity contribution in [2.45, 2.75) is 43.7 Å². The maximum atomic E-state index is 9.23. The van der Waals surface area contributed by atoms with Crippen LogP contribution in [0.3, 0.4) is 0 Å². The van der Waals surface area contributed by atoms with E-state index in [0.29, 0.717) is 18.1 Å². The molecule has 2 aliphatic rings. The Morgan fingerprint density at radius 3 is 2.90 bits per heavy atom. The Morgan fingerprint density at radius 2 is 2.29 bits per heavy atom. The van der Waals surface area contributed by atoms with Gasteiger partial charge in [0.1, 0.15) is 6.04 Å². The van der Waals surface area contributed by atoms with Crippen LogP contribution in [-0.2, 0) is 10.3 Å². The highest BCUT2D eigenvalue weighted by atomic mass is 16.5. The summed E-state index contributed by atoms with van der Waals surface area (Å²) in [4.78, 5) is 4.51. The lowest BCUT2D eigenvalue weighted by atomic mass is 9.73. The largest absolute Gasteiger partial charge is 0.382 e. The van der Waals surface area contributed by atoms with Crippen LogP contribution in [0.5, 0.6) is 0 Å². The molecule has 21 heavy (non-hydrogen) atoms. The Hall–Kier alpha value is -1.86. The second kappa shape index (κ2) is 5.50. The SMILES string of the molecule is COCC1N=CNC1(C)c1cc(C#N)ccc1C1CCC1. The third kappa shape index (κ3) is 2.32. The van der Waals surface area contributed by atoms with E-state index in [9.17, 15) is 5.26 Å². The fourth-order valence-corrected chi connectivity index (χ4v) is 3.28. The lowest BCUT2D eigenvalue weighted by molar-refractivity contribution is 0.151. The van der Waals surface area contributed by atoms with Crippen molar-refractivity contribution in [1.29, 1.82) is 5.26 Å². The minimum absolute atomic E-state index is 0.0373. The number of benzene rings is 1. The van der Waals surface area contributed by atoms with Crippen LogP contribution < -0.4 is 5.32 Å². The van der Waals surface area contributed by atoms with Gasteiger partial charge in [0.15, 0.2) is 0 Å². The highest BCUT2D eigenvalue weighted by Gasteiger charge is 2.41. The predicted octanol–water partition coefficient (Wildman–Crippen LogP) is 2.69. The normalized spacial score (nSPS) is 28.0. The van der Waals surface area contributed by atoms with Gasteiger partial charge in [-0.05, 0) is 48.9 Å². The molecule has 0 amide bonds. The van der Waals surface area contributed by atoms with E-state index in [1.165, 1.54) is 30.4 Å². The van der Waals surface area contributed by atoms with Gasteiger partial charge in [0.2, 0.25) is 0 Å². The standard InChI is InChI=1S/C17H21N3O/c1-17(16(10-21-2)19-11-20-17)15-8-12(9-18)6-7-14(15)13-4-3-5-13/h6-8,11,13,16H,3-5,10H2,1-2H3,(H,19,20). The van der Waals surface area contributed by atoms with Gasteiger partial charge in [-0.1, -0.05) is 12.5 Å². The molecule has 1 N–H and O–H groups in total. The summed E-state index contributed by atoms with van der Waals surface area (Å²) >= 11 is 0. The summed E-state index contributed by atoms with van der Waals surface area (Å²) in [5, 5.41) is 12.6. The Balaban J connectivity index is 2.04. The first-order valence-corrected chi connectivity index (χ1v) is 7.52. The van der Waals surface area contributed by atoms with Crippen LogP contribution in [0.1, 0.15) is 48.8 Å². The molecule has 0 saturated heterocycles. The molecule has 4 heteroatoms. The van der Waals surface area contributed by atoms with Crippen molar-refractivity contribution in [3.05, 3.63) is 34.9 Å². The van der Waals surface area contributed by atoms with Crippen LogP contribution in [0.15, 0.2) is 23.2 Å². The molecule has 1 fully saturated rings. The monoisotopic (exact) mass is 283 g/mol. The number of hydrogen-bond acceptors (Lipinski definition) is 4. The lowest BCUT2D eigenvalue weighted by Crippen LogP contribution is -2.46. The van der Waals surface area contributed by atoms with Crippen molar-refractivity contribution < 1.29 is 4.74 Å². The Kier molecular flexibility index (Phi) is 3.69. The van der Waals surface area contributed by atoms with Crippen LogP contribution in [0.4, 0.5) is 0 Å². The first kappa shape index (κ1) is 14.1. The highest BCUT2D eigenvalue weighted by Crippen LogP contribution is 2.43. The smallest absolute Gasteiger partial charge is 0.102 e. The van der Waals surface area contributed by atoms with Crippen molar-refractivity contribution in [2.24, 2.45) is 4.99 Å². The van der Waals surface area contributed by atoms with Gasteiger partial charge in [-0.2, -0.15) is 5.26 Å². The second-order valence-electron chi connectivity index (χ2n) is 6.14. The molecule has 110 valence electrons. The molecule has 4 nitrogen and oxygen atoms in total. The first-order chi connectivity index (χ1) is 10.2. The molecule has 0 radical (unpaired) electrons. The van der Waals surface area contributed by atoms with Gasteiger partial charge in [-0.15, -0.1) is 0 Å². The Labute approximate surface area is 125 Å². The van der Waals surface area contributed by atoms with Crippen molar-refractivity contribution >= 4 is 6.34 Å². The number of ether oxygens (including phenoxy) is 1. The van der Waals surface area contributed by atoms with E-state index in [-0.39, 0.29) is 11.6 Å². The van der Waals surface area contributed by atoms with Gasteiger partial charge in [-0.25, -0.2) is 0 Å². The van der Waals surface area contributed by atoms with Gasteiger partial charge in [0, 0.05) is 7.11 Å². The van der Waals surface area contributed by atoms with Crippen LogP contribution in [-0.4, -0.2) is 26.1 Å². The van der Waals surface area contributed by atoms with E-state index in [1.807, 2.05) is 12.1 Å². The summed E-state index contributed by atoms with van der Waals surface area (Å²) in [5.41, 5.74) is 2.97. The fourth-order valence-electron chi connectivity index (χ4n) is 3.28. The summed E-state index contributed by atoms with van der Waals surface area (Å²) < 4.78 is 5.32. The third-order valence-corrected chi connectivity index (χ3v) is 4.90. The number of methoxy groups -OCH3 is 1. The number of rotatable bonds is 4. The zero-order valence-electron chi connectivity index (χ0n) is 12.6. The molecule has 0 spiro atoms. The number of nitrogens with zero attached hydrogens (tertiary/aromatic N) is 2. The van der Waals surface area contributed by atoms with Crippen molar-refractivity contribution in [1.82, 2.24) is 5.32 Å². The average molecular weight is 283 g/mol. The molecule has 1 saturated carbocycles. The number of aliphatic imine (C=N–C) groups is 1. The third-order valence-electron chi connectivity index (χ3n) is 4.90. The van der Waals surface area contributed by atoms with Gasteiger partial charge in [-0.3, -0.25) is 4.99 Å². The van der Waals surface area contributed by atoms with E-state index in [1.54, 1.807) is 13.4 Å². The molecular weight excluding hydrogens is 262 g/mol. The molecule has 2 unspecified atom stereocenters. The first-order valence-electron chi connectivity index (χ1n) is 7.52. The molecule has 1 aromatic carbocycles. The van der Waals surface area contributed by atoms with E-state index >= 15 is 0 Å². The summed E-state index contributed by atoms with van der Waals surface area (Å²) in [5.74, 6) is 0.621. The van der Waals surface area contributed by atoms with Crippen LogP contribution in [0.2, 0.25) is 0 Å². The number of nitrogens with one attached hydrogen (secondary N) is 1. The minimum Gasteiger partial charge on any atom is -0.382 e. The molecule has 2 atom stereocenters. The zero-order valence-corrected chi connectivity index (χ0v) is 12.6. The molecular formula is C17H21N3O. The minimum atomic E-state index is -0.298. The molecule has 1 aliphatic heterocycles. The maximum absolute atomic E-state index is 9.23. The quantitative estimate of drug-likeness (QED) is 0.924. The van der Waals surface area contributed by atoms with E-state index in [0.717, 1.165) is 0 Å². The van der Waals surface area contributed by atoms with Crippen LogP contribution in [0, 0.1) is 11.3 Å². The summed E-state index contributed by atoms with van der Waals surface area (Å²) in [6, 6.07) is 8.38. The lowest BCUT2D eigenvalue weighted by Gasteiger charge is -2.37. The molecule has 0 bridgehead atoms. The molecule has 1 aromatic rings. The Morgan fingerprint density at radius 1 is 1.48 bits per heavy atom. The van der Waals surface area contributed by atoms with Gasteiger partial charge >= 0.3 is 0 Å². The second-order valence-corrected chi connectivity index (χ2v) is 6.14. The predicted molar refractivity (Wildman–Crippen MR) is 82.4 cm³/mol. The van der Waals surface area contributed by atoms with Gasteiger partial charge < -0.3 is 10.1 Å². The summed E-state index contributed by atoms with van der Waals surface area (Å²) in [6.07, 6.45) is 5.55. The number of hydrogen-bond donors (Lipinski definition) is 1. The van der Waals surface area contributed by atoms with Crippen molar-refractivity contribution in [3.63, 3.8) is 0 Å². The van der Waals surface area contributed by atoms with Crippen molar-refractivity contribution in [3.8, 4) is 6.07 Å². The zero-order chi connectivity index (χ0) is 14.9. The highest BCUT2D eigenvalue weighted by molar-refractivity contribution is 5.62. The number of nitriles is 1. The summed E-state index contributed by atoms with van der Waals surface area (Å²) in [6.45, 7) is 2.73. The van der Waals surface area contributed by atoms with Crippen LogP contribution >= 0.6 is 0 Å². The van der Waals surface area contributed by atoms with Gasteiger partial charge in [0.05, 0.1) is 30.1 Å². The average Bonchev–Trinajstić information content (AvgIpc) is 2.80. The molecule has 3 rings (SSSR count). The van der Waals surface area contributed by atoms with Crippen LogP contribution in [0.25, 0.3) is 0 Å². The maximum Gasteiger partial charge on any atom is 0.102 e.